The highest BCUT2D eigenvalue weighted by Crippen LogP contribution is 2.28. The van der Waals surface area contributed by atoms with Crippen LogP contribution in [-0.2, 0) is 16.1 Å². The Morgan fingerprint density at radius 2 is 1.73 bits per heavy atom. The van der Waals surface area contributed by atoms with Crippen LogP contribution in [-0.4, -0.2) is 30.1 Å². The molecule has 6 nitrogen and oxygen atoms in total. The van der Waals surface area contributed by atoms with Gasteiger partial charge in [-0.1, -0.05) is 59.4 Å². The number of amides is 1. The van der Waals surface area contributed by atoms with Crippen LogP contribution >= 0.6 is 11.3 Å². The number of thiazole rings is 1. The number of carbonyl (C=O) groups excluding carboxylic acids is 2. The lowest BCUT2D eigenvalue weighted by atomic mass is 10.2. The van der Waals surface area contributed by atoms with Gasteiger partial charge in [-0.05, 0) is 38.5 Å². The summed E-state index contributed by atoms with van der Waals surface area (Å²) in [5.74, 6) is -0.0542. The van der Waals surface area contributed by atoms with Crippen LogP contribution in [0.1, 0.15) is 33.4 Å². The first-order valence-corrected chi connectivity index (χ1v) is 10.5. The zero-order valence-corrected chi connectivity index (χ0v) is 18.1. The van der Waals surface area contributed by atoms with Crippen molar-refractivity contribution in [3.8, 4) is 5.75 Å². The number of hydrogen-bond donors (Lipinski definition) is 0. The van der Waals surface area contributed by atoms with Crippen LogP contribution < -0.4 is 9.64 Å². The summed E-state index contributed by atoms with van der Waals surface area (Å²) in [6, 6.07) is 17.1. The van der Waals surface area contributed by atoms with Crippen LogP contribution in [0.3, 0.4) is 0 Å². The molecule has 156 valence electrons. The minimum absolute atomic E-state index is 0.136. The average Bonchev–Trinajstić information content (AvgIpc) is 3.13. The Morgan fingerprint density at radius 3 is 2.40 bits per heavy atom. The molecule has 30 heavy (non-hydrogen) atoms. The van der Waals surface area contributed by atoms with Gasteiger partial charge in [-0.2, -0.15) is 0 Å². The van der Waals surface area contributed by atoms with E-state index in [9.17, 15) is 9.59 Å². The van der Waals surface area contributed by atoms with Gasteiger partial charge in [0.25, 0.3) is 5.91 Å². The summed E-state index contributed by atoms with van der Waals surface area (Å²) in [5, 5.41) is 0.442. The lowest BCUT2D eigenvalue weighted by Crippen LogP contribution is -2.34. The van der Waals surface area contributed by atoms with E-state index in [1.54, 1.807) is 18.7 Å². The van der Waals surface area contributed by atoms with Gasteiger partial charge in [0.15, 0.2) is 11.7 Å². The molecule has 0 aliphatic heterocycles. The first-order valence-electron chi connectivity index (χ1n) is 9.66. The Bertz CT molecular complexity index is 1000. The molecule has 1 heterocycles. The maximum Gasteiger partial charge on any atom is 0.350 e. The number of hydrogen-bond acceptors (Lipinski definition) is 6. The molecule has 0 saturated heterocycles. The molecule has 2 aromatic carbocycles. The Morgan fingerprint density at radius 1 is 1.03 bits per heavy atom. The van der Waals surface area contributed by atoms with Crippen LogP contribution in [0.2, 0.25) is 0 Å². The molecule has 3 aromatic rings. The topological polar surface area (TPSA) is 68.7 Å². The van der Waals surface area contributed by atoms with Gasteiger partial charge in [0.1, 0.15) is 10.6 Å². The predicted molar refractivity (Wildman–Crippen MR) is 117 cm³/mol. The van der Waals surface area contributed by atoms with Crippen molar-refractivity contribution < 1.29 is 19.1 Å². The molecule has 0 aliphatic rings. The number of ether oxygens (including phenoxy) is 2. The van der Waals surface area contributed by atoms with Gasteiger partial charge >= 0.3 is 5.97 Å². The number of anilines is 1. The molecule has 1 amide bonds. The summed E-state index contributed by atoms with van der Waals surface area (Å²) in [4.78, 5) is 31.7. The van der Waals surface area contributed by atoms with Gasteiger partial charge in [-0.15, -0.1) is 0 Å². The Hall–Kier alpha value is -3.19. The van der Waals surface area contributed by atoms with E-state index in [1.807, 2.05) is 61.5 Å². The molecular formula is C23H24N2O4S. The van der Waals surface area contributed by atoms with Crippen molar-refractivity contribution in [1.82, 2.24) is 4.98 Å². The van der Waals surface area contributed by atoms with Crippen molar-refractivity contribution >= 4 is 28.3 Å². The highest BCUT2D eigenvalue weighted by Gasteiger charge is 2.24. The largest absolute Gasteiger partial charge is 0.484 e. The van der Waals surface area contributed by atoms with Crippen molar-refractivity contribution in [2.24, 2.45) is 0 Å². The molecule has 7 heteroatoms. The molecule has 1 aromatic heterocycles. The summed E-state index contributed by atoms with van der Waals surface area (Å²) < 4.78 is 10.8. The van der Waals surface area contributed by atoms with E-state index in [4.69, 9.17) is 9.47 Å². The Kier molecular flexibility index (Phi) is 7.19. The Labute approximate surface area is 180 Å². The quantitative estimate of drug-likeness (QED) is 0.496. The van der Waals surface area contributed by atoms with Gasteiger partial charge in [0, 0.05) is 0 Å². The predicted octanol–water partition coefficient (Wildman–Crippen LogP) is 4.55. The second-order valence-corrected chi connectivity index (χ2v) is 7.68. The maximum absolute atomic E-state index is 13.1. The molecule has 0 spiro atoms. The van der Waals surface area contributed by atoms with Gasteiger partial charge < -0.3 is 9.47 Å². The maximum atomic E-state index is 13.1. The van der Waals surface area contributed by atoms with E-state index in [0.717, 1.165) is 22.5 Å². The third-order valence-corrected chi connectivity index (χ3v) is 5.51. The van der Waals surface area contributed by atoms with E-state index in [-0.39, 0.29) is 19.1 Å². The minimum atomic E-state index is -0.429. The smallest absolute Gasteiger partial charge is 0.350 e. The lowest BCUT2D eigenvalue weighted by Gasteiger charge is -2.20. The highest BCUT2D eigenvalue weighted by molar-refractivity contribution is 7.17. The zero-order chi connectivity index (χ0) is 21.5. The normalized spacial score (nSPS) is 10.5. The van der Waals surface area contributed by atoms with Crippen molar-refractivity contribution in [1.29, 1.82) is 0 Å². The number of carbonyl (C=O) groups is 2. The monoisotopic (exact) mass is 424 g/mol. The molecule has 0 radical (unpaired) electrons. The van der Waals surface area contributed by atoms with E-state index in [2.05, 4.69) is 4.98 Å². The van der Waals surface area contributed by atoms with Gasteiger partial charge in [0.2, 0.25) is 0 Å². The van der Waals surface area contributed by atoms with E-state index >= 15 is 0 Å². The standard InChI is InChI=1S/C23H24N2O4S/c1-4-28-22(27)21-17(3)24-23(30-21)25(14-18-8-6-5-7-9-18)20(26)15-29-19-12-10-16(2)11-13-19/h5-13H,4,14-15H2,1-3H3. The van der Waals surface area contributed by atoms with E-state index in [1.165, 1.54) is 0 Å². The summed E-state index contributed by atoms with van der Waals surface area (Å²) in [6.07, 6.45) is 0. The molecular weight excluding hydrogens is 400 g/mol. The fraction of sp³-hybridized carbons (Fsp3) is 0.261. The first-order chi connectivity index (χ1) is 14.5. The number of esters is 1. The Balaban J connectivity index is 1.83. The molecule has 0 bridgehead atoms. The number of benzene rings is 2. The summed E-state index contributed by atoms with van der Waals surface area (Å²) in [5.41, 5.74) is 2.61. The lowest BCUT2D eigenvalue weighted by molar-refractivity contribution is -0.120. The summed E-state index contributed by atoms with van der Waals surface area (Å²) >= 11 is 1.15. The molecule has 0 fully saturated rings. The second kappa shape index (κ2) is 10.0. The summed E-state index contributed by atoms with van der Waals surface area (Å²) in [7, 11) is 0. The van der Waals surface area contributed by atoms with Gasteiger partial charge in [0.05, 0.1) is 18.8 Å². The fourth-order valence-electron chi connectivity index (χ4n) is 2.77. The van der Waals surface area contributed by atoms with Crippen LogP contribution in [0.5, 0.6) is 5.75 Å². The van der Waals surface area contributed by atoms with Crippen LogP contribution in [0, 0.1) is 13.8 Å². The van der Waals surface area contributed by atoms with Gasteiger partial charge in [-0.3, -0.25) is 9.69 Å². The average molecular weight is 425 g/mol. The van der Waals surface area contributed by atoms with E-state index < -0.39 is 5.97 Å². The molecule has 0 saturated carbocycles. The van der Waals surface area contributed by atoms with Gasteiger partial charge in [-0.25, -0.2) is 9.78 Å². The van der Waals surface area contributed by atoms with Crippen LogP contribution in [0.25, 0.3) is 0 Å². The van der Waals surface area contributed by atoms with Crippen molar-refractivity contribution in [2.45, 2.75) is 27.3 Å². The van der Waals surface area contributed by atoms with Crippen molar-refractivity contribution in [3.63, 3.8) is 0 Å². The number of aryl methyl sites for hydroxylation is 2. The van der Waals surface area contributed by atoms with Crippen LogP contribution in [0.15, 0.2) is 54.6 Å². The second-order valence-electron chi connectivity index (χ2n) is 6.70. The molecule has 0 aliphatic carbocycles. The van der Waals surface area contributed by atoms with Crippen LogP contribution in [0.4, 0.5) is 5.13 Å². The molecule has 0 unspecified atom stereocenters. The number of nitrogens with zero attached hydrogens (tertiary/aromatic N) is 2. The third-order valence-electron chi connectivity index (χ3n) is 4.34. The number of rotatable bonds is 8. The van der Waals surface area contributed by atoms with E-state index in [0.29, 0.717) is 28.0 Å². The minimum Gasteiger partial charge on any atom is -0.484 e. The number of aromatic nitrogens is 1. The van der Waals surface area contributed by atoms with Crippen molar-refractivity contribution in [2.75, 3.05) is 18.1 Å². The zero-order valence-electron chi connectivity index (χ0n) is 17.3. The fourth-order valence-corrected chi connectivity index (χ4v) is 3.75. The molecule has 3 rings (SSSR count). The third kappa shape index (κ3) is 5.45. The summed E-state index contributed by atoms with van der Waals surface area (Å²) in [6.45, 7) is 5.95. The molecule has 0 N–H and O–H groups in total. The first kappa shape index (κ1) is 21.5. The SMILES string of the molecule is CCOC(=O)c1sc(N(Cc2ccccc2)C(=O)COc2ccc(C)cc2)nc1C. The molecule has 0 atom stereocenters. The van der Waals surface area contributed by atoms with Crippen molar-refractivity contribution in [3.05, 3.63) is 76.3 Å². The highest BCUT2D eigenvalue weighted by atomic mass is 32.1.